The van der Waals surface area contributed by atoms with E-state index >= 15 is 0 Å². The van der Waals surface area contributed by atoms with Gasteiger partial charge in [0.1, 0.15) is 6.04 Å². The molecule has 0 aromatic rings. The van der Waals surface area contributed by atoms with Crippen LogP contribution in [0.5, 0.6) is 0 Å². The molecule has 1 atom stereocenters. The first-order valence-corrected chi connectivity index (χ1v) is 9.29. The van der Waals surface area contributed by atoms with Crippen LogP contribution in [0, 0.1) is 5.92 Å². The van der Waals surface area contributed by atoms with Gasteiger partial charge in [0, 0.05) is 13.1 Å². The van der Waals surface area contributed by atoms with E-state index in [-0.39, 0.29) is 17.6 Å². The van der Waals surface area contributed by atoms with Crippen LogP contribution < -0.4 is 4.72 Å². The summed E-state index contributed by atoms with van der Waals surface area (Å²) in [5, 5.41) is 0. The molecule has 0 bridgehead atoms. The Hall–Kier alpha value is -0.620. The van der Waals surface area contributed by atoms with Gasteiger partial charge in [-0.05, 0) is 38.0 Å². The minimum Gasteiger partial charge on any atom is -0.341 e. The number of hydrogen-bond acceptors (Lipinski definition) is 3. The minimum atomic E-state index is -3.36. The molecule has 118 valence electrons. The van der Waals surface area contributed by atoms with Gasteiger partial charge in [-0.15, -0.1) is 0 Å². The summed E-state index contributed by atoms with van der Waals surface area (Å²) in [5.41, 5.74) is 0. The van der Waals surface area contributed by atoms with E-state index in [1.54, 1.807) is 0 Å². The van der Waals surface area contributed by atoms with Gasteiger partial charge in [0.25, 0.3) is 0 Å². The first-order valence-electron chi connectivity index (χ1n) is 7.64. The normalized spacial score (nSPS) is 18.3. The van der Waals surface area contributed by atoms with Crippen molar-refractivity contribution < 1.29 is 13.2 Å². The molecule has 0 aromatic heterocycles. The zero-order chi connectivity index (χ0) is 15.2. The Morgan fingerprint density at radius 3 is 2.30 bits per heavy atom. The van der Waals surface area contributed by atoms with Crippen molar-refractivity contribution in [3.63, 3.8) is 0 Å². The summed E-state index contributed by atoms with van der Waals surface area (Å²) in [6.45, 7) is 7.34. The maximum Gasteiger partial charge on any atom is 0.240 e. The molecule has 1 heterocycles. The van der Waals surface area contributed by atoms with Crippen LogP contribution in [0.1, 0.15) is 52.9 Å². The highest BCUT2D eigenvalue weighted by Gasteiger charge is 2.29. The van der Waals surface area contributed by atoms with Crippen molar-refractivity contribution in [2.75, 3.05) is 18.8 Å². The fourth-order valence-corrected chi connectivity index (χ4v) is 3.84. The standard InChI is InChI=1S/C14H28N2O3S/c1-4-10-20(18,19)15-13(11-12(2)3)14(17)16-8-6-5-7-9-16/h12-13,15H,4-11H2,1-3H3/t13-/m1/s1. The predicted octanol–water partition coefficient (Wildman–Crippen LogP) is 1.74. The van der Waals surface area contributed by atoms with Gasteiger partial charge in [0.15, 0.2) is 0 Å². The third-order valence-electron chi connectivity index (χ3n) is 3.47. The molecule has 0 aromatic carbocycles. The van der Waals surface area contributed by atoms with Crippen LogP contribution in [0.4, 0.5) is 0 Å². The van der Waals surface area contributed by atoms with Crippen LogP contribution in [0.15, 0.2) is 0 Å². The van der Waals surface area contributed by atoms with Crippen molar-refractivity contribution >= 4 is 15.9 Å². The lowest BCUT2D eigenvalue weighted by Gasteiger charge is -2.31. The van der Waals surface area contributed by atoms with Gasteiger partial charge in [0.2, 0.25) is 15.9 Å². The molecule has 1 amide bonds. The number of nitrogens with one attached hydrogen (secondary N) is 1. The smallest absolute Gasteiger partial charge is 0.240 e. The van der Waals surface area contributed by atoms with Crippen LogP contribution in [-0.2, 0) is 14.8 Å². The first kappa shape index (κ1) is 17.4. The van der Waals surface area contributed by atoms with E-state index in [0.717, 1.165) is 32.4 Å². The fraction of sp³-hybridized carbons (Fsp3) is 0.929. The summed E-state index contributed by atoms with van der Waals surface area (Å²) in [6, 6.07) is -0.607. The zero-order valence-corrected chi connectivity index (χ0v) is 13.7. The van der Waals surface area contributed by atoms with Crippen LogP contribution in [0.3, 0.4) is 0 Å². The molecule has 20 heavy (non-hydrogen) atoms. The SMILES string of the molecule is CCCS(=O)(=O)N[C@H](CC(C)C)C(=O)N1CCCCC1. The average molecular weight is 304 g/mol. The van der Waals surface area contributed by atoms with E-state index < -0.39 is 16.1 Å². The number of sulfonamides is 1. The lowest BCUT2D eigenvalue weighted by Crippen LogP contribution is -2.50. The van der Waals surface area contributed by atoms with Crippen LogP contribution >= 0.6 is 0 Å². The molecule has 1 saturated heterocycles. The molecule has 0 aliphatic carbocycles. The van der Waals surface area contributed by atoms with Gasteiger partial charge in [-0.2, -0.15) is 0 Å². The Balaban J connectivity index is 2.74. The number of piperidine rings is 1. The van der Waals surface area contributed by atoms with Gasteiger partial charge in [0.05, 0.1) is 5.75 Å². The molecule has 0 saturated carbocycles. The second-order valence-corrected chi connectivity index (χ2v) is 7.88. The molecule has 6 heteroatoms. The third kappa shape index (κ3) is 5.79. The van der Waals surface area contributed by atoms with Crippen molar-refractivity contribution in [2.45, 2.75) is 58.9 Å². The summed E-state index contributed by atoms with van der Waals surface area (Å²) >= 11 is 0. The maximum absolute atomic E-state index is 12.5. The number of nitrogens with zero attached hydrogens (tertiary/aromatic N) is 1. The van der Waals surface area contributed by atoms with Crippen LogP contribution in [0.2, 0.25) is 0 Å². The van der Waals surface area contributed by atoms with Gasteiger partial charge in [-0.1, -0.05) is 20.8 Å². The van der Waals surface area contributed by atoms with Crippen molar-refractivity contribution in [3.8, 4) is 0 Å². The van der Waals surface area contributed by atoms with Crippen LogP contribution in [0.25, 0.3) is 0 Å². The summed E-state index contributed by atoms with van der Waals surface area (Å²) in [5.74, 6) is 0.297. The Morgan fingerprint density at radius 1 is 1.20 bits per heavy atom. The van der Waals surface area contributed by atoms with Gasteiger partial charge in [-0.25, -0.2) is 13.1 Å². The molecular formula is C14H28N2O3S. The quantitative estimate of drug-likeness (QED) is 0.779. The molecule has 5 nitrogen and oxygen atoms in total. The highest BCUT2D eigenvalue weighted by Crippen LogP contribution is 2.14. The Bertz CT molecular complexity index is 401. The Morgan fingerprint density at radius 2 is 1.80 bits per heavy atom. The summed E-state index contributed by atoms with van der Waals surface area (Å²) in [6.07, 6.45) is 4.30. The van der Waals surface area contributed by atoms with Gasteiger partial charge < -0.3 is 4.90 Å². The van der Waals surface area contributed by atoms with E-state index in [2.05, 4.69) is 4.72 Å². The highest BCUT2D eigenvalue weighted by molar-refractivity contribution is 7.89. The largest absolute Gasteiger partial charge is 0.341 e. The van der Waals surface area contributed by atoms with Crippen LogP contribution in [-0.4, -0.2) is 44.1 Å². The molecule has 0 unspecified atom stereocenters. The maximum atomic E-state index is 12.5. The lowest BCUT2D eigenvalue weighted by atomic mass is 10.0. The van der Waals surface area contributed by atoms with Gasteiger partial charge in [-0.3, -0.25) is 4.79 Å². The number of hydrogen-bond donors (Lipinski definition) is 1. The molecule has 0 radical (unpaired) electrons. The van der Waals surface area contributed by atoms with E-state index in [1.807, 2.05) is 25.7 Å². The number of likely N-dealkylation sites (tertiary alicyclic amines) is 1. The number of carbonyl (C=O) groups is 1. The molecule has 1 fully saturated rings. The monoisotopic (exact) mass is 304 g/mol. The highest BCUT2D eigenvalue weighted by atomic mass is 32.2. The molecular weight excluding hydrogens is 276 g/mol. The van der Waals surface area contributed by atoms with Crippen molar-refractivity contribution in [1.82, 2.24) is 9.62 Å². The Labute approximate surface area is 123 Å². The van der Waals surface area contributed by atoms with E-state index in [0.29, 0.717) is 12.8 Å². The second kappa shape index (κ2) is 7.98. The molecule has 1 aliphatic heterocycles. The zero-order valence-electron chi connectivity index (χ0n) is 12.9. The van der Waals surface area contributed by atoms with Gasteiger partial charge >= 0.3 is 0 Å². The topological polar surface area (TPSA) is 66.5 Å². The minimum absolute atomic E-state index is 0.0573. The van der Waals surface area contributed by atoms with Crippen molar-refractivity contribution in [2.24, 2.45) is 5.92 Å². The van der Waals surface area contributed by atoms with E-state index in [9.17, 15) is 13.2 Å². The second-order valence-electron chi connectivity index (χ2n) is 6.00. The molecule has 0 spiro atoms. The number of rotatable bonds is 7. The molecule has 1 N–H and O–H groups in total. The number of amides is 1. The van der Waals surface area contributed by atoms with E-state index in [1.165, 1.54) is 0 Å². The molecule has 1 aliphatic rings. The van der Waals surface area contributed by atoms with Crippen molar-refractivity contribution in [1.29, 1.82) is 0 Å². The summed E-state index contributed by atoms with van der Waals surface area (Å²) in [4.78, 5) is 14.3. The summed E-state index contributed by atoms with van der Waals surface area (Å²) in [7, 11) is -3.36. The summed E-state index contributed by atoms with van der Waals surface area (Å²) < 4.78 is 26.5. The Kier molecular flexibility index (Phi) is 6.95. The third-order valence-corrected chi connectivity index (χ3v) is 5.06. The average Bonchev–Trinajstić information content (AvgIpc) is 2.37. The molecule has 1 rings (SSSR count). The predicted molar refractivity (Wildman–Crippen MR) is 80.9 cm³/mol. The fourth-order valence-electron chi connectivity index (χ4n) is 2.55. The van der Waals surface area contributed by atoms with E-state index in [4.69, 9.17) is 0 Å². The van der Waals surface area contributed by atoms with Crippen molar-refractivity contribution in [3.05, 3.63) is 0 Å². The lowest BCUT2D eigenvalue weighted by molar-refractivity contribution is -0.134. The first-order chi connectivity index (χ1) is 9.35. The number of carbonyl (C=O) groups excluding carboxylic acids is 1.